The van der Waals surface area contributed by atoms with Crippen molar-refractivity contribution in [3.8, 4) is 0 Å². The van der Waals surface area contributed by atoms with E-state index >= 15 is 0 Å². The third kappa shape index (κ3) is 4.28. The maximum Gasteiger partial charge on any atom is 0.497 e. The van der Waals surface area contributed by atoms with Crippen LogP contribution in [0.1, 0.15) is 5.56 Å². The van der Waals surface area contributed by atoms with Crippen LogP contribution in [0.15, 0.2) is 36.4 Å². The van der Waals surface area contributed by atoms with E-state index in [2.05, 4.69) is 0 Å². The lowest BCUT2D eigenvalue weighted by atomic mass is 10.2. The minimum absolute atomic E-state index is 0.499. The molecule has 1 rings (SSSR count). The van der Waals surface area contributed by atoms with Gasteiger partial charge in [-0.1, -0.05) is 42.5 Å². The fraction of sp³-hybridized carbons (Fsp3) is 0.333. The molecule has 1 aromatic carbocycles. The zero-order valence-corrected chi connectivity index (χ0v) is 11.0. The van der Waals surface area contributed by atoms with Crippen LogP contribution in [0.5, 0.6) is 0 Å². The predicted molar refractivity (Wildman–Crippen MR) is 67.1 cm³/mol. The van der Waals surface area contributed by atoms with Gasteiger partial charge in [-0.05, 0) is 5.56 Å². The van der Waals surface area contributed by atoms with Gasteiger partial charge in [-0.2, -0.15) is 0 Å². The second-order valence-electron chi connectivity index (χ2n) is 3.39. The van der Waals surface area contributed by atoms with Crippen LogP contribution in [0, 0.1) is 0 Å². The summed E-state index contributed by atoms with van der Waals surface area (Å²) in [5, 5.41) is 0. The Morgan fingerprint density at radius 2 is 1.75 bits per heavy atom. The fourth-order valence-electron chi connectivity index (χ4n) is 1.15. The van der Waals surface area contributed by atoms with Crippen molar-refractivity contribution in [3.05, 3.63) is 42.0 Å². The molecule has 1 aromatic rings. The molecule has 88 valence electrons. The van der Waals surface area contributed by atoms with Gasteiger partial charge < -0.3 is 13.3 Å². The van der Waals surface area contributed by atoms with E-state index in [0.29, 0.717) is 6.61 Å². The molecule has 0 heterocycles. The molecular weight excluding hydrogens is 220 g/mol. The molecule has 0 aliphatic heterocycles. The molecular formula is C12H18O3Si. The Kier molecular flexibility index (Phi) is 5.41. The Morgan fingerprint density at radius 3 is 2.31 bits per heavy atom. The van der Waals surface area contributed by atoms with E-state index in [9.17, 15) is 0 Å². The van der Waals surface area contributed by atoms with Crippen molar-refractivity contribution in [2.24, 2.45) is 0 Å². The minimum atomic E-state index is -2.39. The molecule has 0 radical (unpaired) electrons. The molecule has 3 nitrogen and oxygen atoms in total. The van der Waals surface area contributed by atoms with Gasteiger partial charge in [0, 0.05) is 20.8 Å². The molecule has 0 aromatic heterocycles. The first-order chi connectivity index (χ1) is 7.70. The van der Waals surface area contributed by atoms with Crippen LogP contribution in [0.25, 0.3) is 6.08 Å². The SMILES string of the molecule is CO[Si](C)(OC)OCC=Cc1ccccc1. The van der Waals surface area contributed by atoms with Crippen molar-refractivity contribution in [1.82, 2.24) is 0 Å². The topological polar surface area (TPSA) is 27.7 Å². The largest absolute Gasteiger partial charge is 0.497 e. The van der Waals surface area contributed by atoms with Crippen molar-refractivity contribution in [1.29, 1.82) is 0 Å². The van der Waals surface area contributed by atoms with Crippen LogP contribution in [0.4, 0.5) is 0 Å². The second kappa shape index (κ2) is 6.60. The summed E-state index contributed by atoms with van der Waals surface area (Å²) < 4.78 is 16.0. The highest BCUT2D eigenvalue weighted by Crippen LogP contribution is 2.07. The van der Waals surface area contributed by atoms with E-state index in [4.69, 9.17) is 13.3 Å². The average molecular weight is 238 g/mol. The van der Waals surface area contributed by atoms with E-state index < -0.39 is 8.80 Å². The molecule has 0 saturated carbocycles. The molecule has 0 spiro atoms. The summed E-state index contributed by atoms with van der Waals surface area (Å²) in [5.41, 5.74) is 1.16. The average Bonchev–Trinajstić information content (AvgIpc) is 2.36. The Balaban J connectivity index is 2.38. The predicted octanol–water partition coefficient (Wildman–Crippen LogP) is 2.58. The van der Waals surface area contributed by atoms with Gasteiger partial charge in [0.15, 0.2) is 0 Å². The lowest BCUT2D eigenvalue weighted by molar-refractivity contribution is 0.118. The first-order valence-electron chi connectivity index (χ1n) is 5.16. The summed E-state index contributed by atoms with van der Waals surface area (Å²) in [4.78, 5) is 0. The molecule has 0 atom stereocenters. The molecule has 0 unspecified atom stereocenters. The standard InChI is InChI=1S/C12H18O3Si/c1-13-16(3,14-2)15-11-7-10-12-8-5-4-6-9-12/h4-10H,11H2,1-3H3. The van der Waals surface area contributed by atoms with E-state index in [-0.39, 0.29) is 0 Å². The van der Waals surface area contributed by atoms with Crippen molar-refractivity contribution >= 4 is 14.9 Å². The van der Waals surface area contributed by atoms with Gasteiger partial charge in [-0.3, -0.25) is 0 Å². The third-order valence-electron chi connectivity index (χ3n) is 2.29. The van der Waals surface area contributed by atoms with E-state index in [1.807, 2.05) is 49.0 Å². The van der Waals surface area contributed by atoms with Gasteiger partial charge in [0.05, 0.1) is 6.61 Å². The second-order valence-corrected chi connectivity index (χ2v) is 6.22. The highest BCUT2D eigenvalue weighted by atomic mass is 28.4. The number of hydrogen-bond donors (Lipinski definition) is 0. The van der Waals surface area contributed by atoms with Crippen molar-refractivity contribution in [2.45, 2.75) is 6.55 Å². The molecule has 0 fully saturated rings. The quantitative estimate of drug-likeness (QED) is 0.713. The molecule has 4 heteroatoms. The number of rotatable bonds is 6. The fourth-order valence-corrected chi connectivity index (χ4v) is 1.95. The van der Waals surface area contributed by atoms with E-state index in [1.54, 1.807) is 14.2 Å². The Morgan fingerprint density at radius 1 is 1.12 bits per heavy atom. The zero-order chi connectivity index (χ0) is 11.9. The van der Waals surface area contributed by atoms with Crippen LogP contribution in [-0.4, -0.2) is 29.6 Å². The molecule has 0 saturated heterocycles. The third-order valence-corrected chi connectivity index (χ3v) is 4.47. The van der Waals surface area contributed by atoms with E-state index in [0.717, 1.165) is 5.56 Å². The first kappa shape index (κ1) is 13.1. The Labute approximate surface area is 98.0 Å². The van der Waals surface area contributed by atoms with Crippen molar-refractivity contribution < 1.29 is 13.3 Å². The van der Waals surface area contributed by atoms with Crippen LogP contribution < -0.4 is 0 Å². The summed E-state index contributed by atoms with van der Waals surface area (Å²) in [6.07, 6.45) is 3.97. The van der Waals surface area contributed by atoms with Crippen LogP contribution in [0.3, 0.4) is 0 Å². The van der Waals surface area contributed by atoms with Crippen molar-refractivity contribution in [2.75, 3.05) is 20.8 Å². The lowest BCUT2D eigenvalue weighted by Gasteiger charge is -2.20. The molecule has 0 N–H and O–H groups in total. The summed E-state index contributed by atoms with van der Waals surface area (Å²) in [5.74, 6) is 0. The van der Waals surface area contributed by atoms with Gasteiger partial charge in [-0.25, -0.2) is 0 Å². The molecule has 0 aliphatic carbocycles. The van der Waals surface area contributed by atoms with Gasteiger partial charge in [0.1, 0.15) is 0 Å². The Bertz CT molecular complexity index is 320. The van der Waals surface area contributed by atoms with Crippen LogP contribution in [-0.2, 0) is 13.3 Å². The maximum atomic E-state index is 5.56. The number of hydrogen-bond acceptors (Lipinski definition) is 3. The maximum absolute atomic E-state index is 5.56. The summed E-state index contributed by atoms with van der Waals surface area (Å²) in [6.45, 7) is 2.36. The highest BCUT2D eigenvalue weighted by molar-refractivity contribution is 6.59. The zero-order valence-electron chi connectivity index (χ0n) is 9.97. The monoisotopic (exact) mass is 238 g/mol. The summed E-state index contributed by atoms with van der Waals surface area (Å²) in [7, 11) is 0.829. The van der Waals surface area contributed by atoms with Crippen molar-refractivity contribution in [3.63, 3.8) is 0 Å². The normalized spacial score (nSPS) is 12.2. The van der Waals surface area contributed by atoms with E-state index in [1.165, 1.54) is 0 Å². The lowest BCUT2D eigenvalue weighted by Crippen LogP contribution is -2.40. The highest BCUT2D eigenvalue weighted by Gasteiger charge is 2.31. The smallest absolute Gasteiger partial charge is 0.377 e. The molecule has 0 bridgehead atoms. The summed E-state index contributed by atoms with van der Waals surface area (Å²) >= 11 is 0. The number of benzene rings is 1. The van der Waals surface area contributed by atoms with Gasteiger partial charge in [0.25, 0.3) is 0 Å². The van der Waals surface area contributed by atoms with Gasteiger partial charge in [0.2, 0.25) is 0 Å². The molecule has 0 aliphatic rings. The van der Waals surface area contributed by atoms with Crippen LogP contribution in [0.2, 0.25) is 6.55 Å². The van der Waals surface area contributed by atoms with Crippen LogP contribution >= 0.6 is 0 Å². The van der Waals surface area contributed by atoms with Gasteiger partial charge >= 0.3 is 8.80 Å². The minimum Gasteiger partial charge on any atom is -0.377 e. The van der Waals surface area contributed by atoms with Gasteiger partial charge in [-0.15, -0.1) is 0 Å². The first-order valence-corrected chi connectivity index (χ1v) is 7.38. The summed E-state index contributed by atoms with van der Waals surface area (Å²) in [6, 6.07) is 10.1. The Hall–Kier alpha value is -0.943. The molecule has 16 heavy (non-hydrogen) atoms. The molecule has 0 amide bonds.